The molecule has 0 N–H and O–H groups in total. The molecule has 0 amide bonds. The Balaban J connectivity index is 1.76. The van der Waals surface area contributed by atoms with Gasteiger partial charge in [0.25, 0.3) is 0 Å². The molecule has 0 saturated carbocycles. The van der Waals surface area contributed by atoms with Crippen LogP contribution in [-0.4, -0.2) is 34.9 Å². The van der Waals surface area contributed by atoms with Gasteiger partial charge in [-0.2, -0.15) is 16.7 Å². The van der Waals surface area contributed by atoms with E-state index in [1.165, 1.54) is 6.42 Å². The van der Waals surface area contributed by atoms with Crippen molar-refractivity contribution in [3.8, 4) is 0 Å². The van der Waals surface area contributed by atoms with Crippen LogP contribution in [0.3, 0.4) is 0 Å². The number of hydrogen-bond acceptors (Lipinski definition) is 6. The van der Waals surface area contributed by atoms with Crippen LogP contribution in [-0.2, 0) is 9.53 Å². The monoisotopic (exact) mass is 254 g/mol. The van der Waals surface area contributed by atoms with Crippen LogP contribution in [0, 0.1) is 0 Å². The summed E-state index contributed by atoms with van der Waals surface area (Å²) in [5.74, 6) is 2.11. The molecule has 92 valence electrons. The van der Waals surface area contributed by atoms with Crippen LogP contribution < -0.4 is 0 Å². The summed E-state index contributed by atoms with van der Waals surface area (Å²) in [6.45, 7) is 0.882. The Hall–Kier alpha value is -0.880. The van der Waals surface area contributed by atoms with Crippen LogP contribution >= 0.6 is 11.8 Å². The van der Waals surface area contributed by atoms with E-state index in [4.69, 9.17) is 9.26 Å². The largest absolute Gasteiger partial charge is 0.380 e. The number of aromatic nitrogens is 2. The van der Waals surface area contributed by atoms with E-state index in [0.717, 1.165) is 18.0 Å². The fourth-order valence-electron chi connectivity index (χ4n) is 2.15. The zero-order chi connectivity index (χ0) is 11.7. The van der Waals surface area contributed by atoms with Gasteiger partial charge < -0.3 is 9.26 Å². The molecule has 1 aromatic heterocycles. The van der Waals surface area contributed by atoms with Crippen molar-refractivity contribution < 1.29 is 14.1 Å². The molecular weight excluding hydrogens is 240 g/mol. The molecule has 1 aromatic rings. The summed E-state index contributed by atoms with van der Waals surface area (Å²) in [5.41, 5.74) is 0. The third kappa shape index (κ3) is 2.24. The maximum atomic E-state index is 11.7. The zero-order valence-corrected chi connectivity index (χ0v) is 10.2. The summed E-state index contributed by atoms with van der Waals surface area (Å²) >= 11 is 1.86. The first-order valence-electron chi connectivity index (χ1n) is 5.90. The van der Waals surface area contributed by atoms with Gasteiger partial charge in [-0.15, -0.1) is 0 Å². The average molecular weight is 254 g/mol. The third-order valence-corrected chi connectivity index (χ3v) is 4.51. The maximum absolute atomic E-state index is 11.7. The highest BCUT2D eigenvalue weighted by Crippen LogP contribution is 2.38. The molecule has 0 aliphatic carbocycles. The van der Waals surface area contributed by atoms with Gasteiger partial charge in [0.1, 0.15) is 11.7 Å². The van der Waals surface area contributed by atoms with Crippen LogP contribution in [0.1, 0.15) is 42.1 Å². The van der Waals surface area contributed by atoms with Crippen LogP contribution in [0.5, 0.6) is 0 Å². The first kappa shape index (κ1) is 11.2. The van der Waals surface area contributed by atoms with E-state index < -0.39 is 0 Å². The van der Waals surface area contributed by atoms with Crippen molar-refractivity contribution in [1.82, 2.24) is 10.1 Å². The van der Waals surface area contributed by atoms with Crippen molar-refractivity contribution in [2.75, 3.05) is 19.0 Å². The number of Topliss-reactive ketones (excluding diaryl/α,β-unsaturated/α-hetero) is 1. The van der Waals surface area contributed by atoms with Gasteiger partial charge in [0.15, 0.2) is 5.82 Å². The topological polar surface area (TPSA) is 65.2 Å². The van der Waals surface area contributed by atoms with Crippen molar-refractivity contribution in [2.24, 2.45) is 0 Å². The summed E-state index contributed by atoms with van der Waals surface area (Å²) in [6, 6.07) is 0. The number of thioether (sulfide) groups is 1. The lowest BCUT2D eigenvalue weighted by atomic mass is 10.0. The average Bonchev–Trinajstić information content (AvgIpc) is 3.00. The van der Waals surface area contributed by atoms with Gasteiger partial charge in [0.2, 0.25) is 5.89 Å². The predicted molar refractivity (Wildman–Crippen MR) is 61.9 cm³/mol. The Labute approximate surface area is 103 Å². The summed E-state index contributed by atoms with van der Waals surface area (Å²) in [6.07, 6.45) is 2.74. The smallest absolute Gasteiger partial charge is 0.239 e. The summed E-state index contributed by atoms with van der Waals surface area (Å²) in [7, 11) is 0. The Morgan fingerprint density at radius 2 is 2.35 bits per heavy atom. The fraction of sp³-hybridized carbons (Fsp3) is 0.727. The van der Waals surface area contributed by atoms with E-state index in [2.05, 4.69) is 10.1 Å². The number of rotatable bonds is 2. The predicted octanol–water partition coefficient (Wildman–Crippen LogP) is 1.71. The molecule has 0 bridgehead atoms. The molecule has 2 atom stereocenters. The number of ether oxygens (including phenoxy) is 1. The standard InChI is InChI=1S/C11H14N2O3S/c14-8-3-4-15-6-7(8)11-12-10(13-16-11)9-2-1-5-17-9/h7,9H,1-6H2. The van der Waals surface area contributed by atoms with Gasteiger partial charge in [-0.05, 0) is 18.6 Å². The van der Waals surface area contributed by atoms with Crippen molar-refractivity contribution >= 4 is 17.5 Å². The molecular formula is C11H14N2O3S. The highest BCUT2D eigenvalue weighted by atomic mass is 32.2. The maximum Gasteiger partial charge on any atom is 0.239 e. The molecule has 3 heterocycles. The molecule has 2 unspecified atom stereocenters. The first-order chi connectivity index (χ1) is 8.34. The van der Waals surface area contributed by atoms with Crippen molar-refractivity contribution in [3.05, 3.63) is 11.7 Å². The first-order valence-corrected chi connectivity index (χ1v) is 6.95. The highest BCUT2D eigenvalue weighted by Gasteiger charge is 2.31. The lowest BCUT2D eigenvalue weighted by Gasteiger charge is -2.17. The van der Waals surface area contributed by atoms with Crippen molar-refractivity contribution in [3.63, 3.8) is 0 Å². The van der Waals surface area contributed by atoms with E-state index in [9.17, 15) is 4.79 Å². The lowest BCUT2D eigenvalue weighted by Crippen LogP contribution is -2.25. The third-order valence-electron chi connectivity index (χ3n) is 3.14. The lowest BCUT2D eigenvalue weighted by molar-refractivity contribution is -0.127. The van der Waals surface area contributed by atoms with Crippen molar-refractivity contribution in [2.45, 2.75) is 30.4 Å². The minimum atomic E-state index is -0.351. The minimum absolute atomic E-state index is 0.144. The second kappa shape index (κ2) is 4.78. The molecule has 3 rings (SSSR count). The molecule has 5 nitrogen and oxygen atoms in total. The van der Waals surface area contributed by atoms with Gasteiger partial charge in [-0.25, -0.2) is 0 Å². The van der Waals surface area contributed by atoms with E-state index >= 15 is 0 Å². The molecule has 2 aliphatic rings. The molecule has 0 spiro atoms. The molecule has 17 heavy (non-hydrogen) atoms. The van der Waals surface area contributed by atoms with Gasteiger partial charge >= 0.3 is 0 Å². The van der Waals surface area contributed by atoms with E-state index in [0.29, 0.717) is 30.8 Å². The summed E-state index contributed by atoms with van der Waals surface area (Å²) < 4.78 is 10.5. The number of carbonyl (C=O) groups excluding carboxylic acids is 1. The quantitative estimate of drug-likeness (QED) is 0.800. The molecule has 2 aliphatic heterocycles. The van der Waals surface area contributed by atoms with Gasteiger partial charge in [0, 0.05) is 6.42 Å². The fourth-order valence-corrected chi connectivity index (χ4v) is 3.35. The Bertz CT molecular complexity index is 415. The molecule has 0 radical (unpaired) electrons. The summed E-state index contributed by atoms with van der Waals surface area (Å²) in [5, 5.41) is 4.33. The molecule has 2 fully saturated rings. The van der Waals surface area contributed by atoms with Gasteiger partial charge in [-0.3, -0.25) is 4.79 Å². The van der Waals surface area contributed by atoms with Crippen molar-refractivity contribution in [1.29, 1.82) is 0 Å². The van der Waals surface area contributed by atoms with E-state index in [1.54, 1.807) is 0 Å². The Morgan fingerprint density at radius 1 is 1.41 bits per heavy atom. The van der Waals surface area contributed by atoms with Gasteiger partial charge in [-0.1, -0.05) is 5.16 Å². The normalized spacial score (nSPS) is 29.8. The van der Waals surface area contributed by atoms with Crippen LogP contribution in [0.15, 0.2) is 4.52 Å². The van der Waals surface area contributed by atoms with E-state index in [1.807, 2.05) is 11.8 Å². The second-order valence-electron chi connectivity index (χ2n) is 4.34. The Morgan fingerprint density at radius 3 is 3.12 bits per heavy atom. The van der Waals surface area contributed by atoms with Gasteiger partial charge in [0.05, 0.1) is 18.5 Å². The number of ketones is 1. The molecule has 2 saturated heterocycles. The number of hydrogen-bond donors (Lipinski definition) is 0. The number of nitrogens with zero attached hydrogens (tertiary/aromatic N) is 2. The van der Waals surface area contributed by atoms with Crippen LogP contribution in [0.2, 0.25) is 0 Å². The van der Waals surface area contributed by atoms with Crippen LogP contribution in [0.4, 0.5) is 0 Å². The van der Waals surface area contributed by atoms with Crippen LogP contribution in [0.25, 0.3) is 0 Å². The second-order valence-corrected chi connectivity index (χ2v) is 5.65. The minimum Gasteiger partial charge on any atom is -0.380 e. The number of carbonyl (C=O) groups is 1. The highest BCUT2D eigenvalue weighted by molar-refractivity contribution is 7.99. The Kier molecular flexibility index (Phi) is 3.15. The zero-order valence-electron chi connectivity index (χ0n) is 9.42. The SMILES string of the molecule is O=C1CCOCC1c1nc(C2CCCS2)no1. The molecule has 6 heteroatoms. The molecule has 0 aromatic carbocycles. The summed E-state index contributed by atoms with van der Waals surface area (Å²) in [4.78, 5) is 16.1. The van der Waals surface area contributed by atoms with E-state index in [-0.39, 0.29) is 11.7 Å².